The number of carbonyl (C=O) groups is 1. The highest BCUT2D eigenvalue weighted by Crippen LogP contribution is 2.12. The number of amides is 1. The molecule has 1 fully saturated rings. The maximum atomic E-state index is 12.7. The Morgan fingerprint density at radius 2 is 1.95 bits per heavy atom. The molecule has 2 atom stereocenters. The molecule has 2 N–H and O–H groups in total. The topological polar surface area (TPSA) is 60.8 Å². The normalized spacial score (nSPS) is 23.8. The Morgan fingerprint density at radius 3 is 2.58 bits per heavy atom. The van der Waals surface area contributed by atoms with Crippen molar-refractivity contribution < 1.29 is 19.4 Å². The highest BCUT2D eigenvalue weighted by Gasteiger charge is 2.27. The number of aliphatic hydroxyl groups is 2. The van der Waals surface area contributed by atoms with Crippen LogP contribution in [0.1, 0.15) is 12.0 Å². The second-order valence-electron chi connectivity index (χ2n) is 4.59. The summed E-state index contributed by atoms with van der Waals surface area (Å²) < 4.78 is 12.7. The van der Waals surface area contributed by atoms with E-state index in [0.29, 0.717) is 13.0 Å². The van der Waals surface area contributed by atoms with Crippen molar-refractivity contribution in [3.63, 3.8) is 0 Å². The summed E-state index contributed by atoms with van der Waals surface area (Å²) in [5.41, 5.74) is 0.729. The van der Waals surface area contributed by atoms with Crippen molar-refractivity contribution in [2.24, 2.45) is 0 Å². The first kappa shape index (κ1) is 13.7. The molecule has 19 heavy (non-hydrogen) atoms. The molecule has 4 nitrogen and oxygen atoms in total. The molecule has 0 radical (unpaired) electrons. The summed E-state index contributed by atoms with van der Waals surface area (Å²) in [6.07, 6.45) is 1.70. The Kier molecular flexibility index (Phi) is 4.29. The lowest BCUT2D eigenvalue weighted by Crippen LogP contribution is -2.48. The van der Waals surface area contributed by atoms with Gasteiger partial charge in [-0.25, -0.2) is 4.39 Å². The number of benzene rings is 1. The van der Waals surface area contributed by atoms with Crippen LogP contribution in [0.4, 0.5) is 4.39 Å². The molecule has 1 aliphatic rings. The lowest BCUT2D eigenvalue weighted by molar-refractivity contribution is -0.132. The second-order valence-corrected chi connectivity index (χ2v) is 4.59. The fraction of sp³-hybridized carbons (Fsp3) is 0.357. The van der Waals surface area contributed by atoms with Gasteiger partial charge in [-0.05, 0) is 30.2 Å². The maximum Gasteiger partial charge on any atom is 0.246 e. The average molecular weight is 265 g/mol. The minimum atomic E-state index is -0.892. The first-order chi connectivity index (χ1) is 9.06. The van der Waals surface area contributed by atoms with Crippen molar-refractivity contribution in [2.45, 2.75) is 18.6 Å². The standard InChI is InChI=1S/C14H16FNO3/c15-11-4-1-10(2-5-11)3-6-14(19)16-8-7-12(17)13(18)9-16/h1-6,12-13,17-18H,7-9H2/b6-3+/t12-,13+/m1/s1. The lowest BCUT2D eigenvalue weighted by Gasteiger charge is -2.32. The van der Waals surface area contributed by atoms with Gasteiger partial charge in [-0.1, -0.05) is 12.1 Å². The molecule has 0 aliphatic carbocycles. The summed E-state index contributed by atoms with van der Waals surface area (Å²) in [5, 5.41) is 18.9. The fourth-order valence-electron chi connectivity index (χ4n) is 1.97. The Labute approximate surface area is 110 Å². The second kappa shape index (κ2) is 5.95. The first-order valence-corrected chi connectivity index (χ1v) is 6.15. The van der Waals surface area contributed by atoms with Crippen molar-refractivity contribution in [1.29, 1.82) is 0 Å². The number of likely N-dealkylation sites (tertiary alicyclic amines) is 1. The molecule has 1 saturated heterocycles. The average Bonchev–Trinajstić information content (AvgIpc) is 2.41. The molecule has 1 aromatic rings. The highest BCUT2D eigenvalue weighted by molar-refractivity contribution is 5.91. The number of hydrogen-bond donors (Lipinski definition) is 2. The van der Waals surface area contributed by atoms with Crippen molar-refractivity contribution in [2.75, 3.05) is 13.1 Å². The highest BCUT2D eigenvalue weighted by atomic mass is 19.1. The van der Waals surface area contributed by atoms with Gasteiger partial charge in [0.2, 0.25) is 5.91 Å². The maximum absolute atomic E-state index is 12.7. The third kappa shape index (κ3) is 3.62. The number of nitrogens with zero attached hydrogens (tertiary/aromatic N) is 1. The van der Waals surface area contributed by atoms with Gasteiger partial charge in [0.05, 0.1) is 12.2 Å². The van der Waals surface area contributed by atoms with Gasteiger partial charge in [-0.15, -0.1) is 0 Å². The van der Waals surface area contributed by atoms with Gasteiger partial charge in [0.1, 0.15) is 5.82 Å². The first-order valence-electron chi connectivity index (χ1n) is 6.15. The third-order valence-corrected chi connectivity index (χ3v) is 3.15. The van der Waals surface area contributed by atoms with E-state index in [1.165, 1.54) is 23.1 Å². The van der Waals surface area contributed by atoms with E-state index in [9.17, 15) is 19.4 Å². The molecule has 1 heterocycles. The van der Waals surface area contributed by atoms with Crippen molar-refractivity contribution >= 4 is 12.0 Å². The van der Waals surface area contributed by atoms with E-state index in [2.05, 4.69) is 0 Å². The van der Waals surface area contributed by atoms with E-state index in [1.54, 1.807) is 18.2 Å². The molecular weight excluding hydrogens is 249 g/mol. The number of halogens is 1. The van der Waals surface area contributed by atoms with Gasteiger partial charge in [-0.3, -0.25) is 4.79 Å². The summed E-state index contributed by atoms with van der Waals surface area (Å²) >= 11 is 0. The predicted molar refractivity (Wildman–Crippen MR) is 68.6 cm³/mol. The predicted octanol–water partition coefficient (Wildman–Crippen LogP) is 0.793. The van der Waals surface area contributed by atoms with Crippen molar-refractivity contribution in [3.8, 4) is 0 Å². The molecule has 0 saturated carbocycles. The van der Waals surface area contributed by atoms with E-state index in [0.717, 1.165) is 5.56 Å². The quantitative estimate of drug-likeness (QED) is 0.777. The minimum Gasteiger partial charge on any atom is -0.390 e. The van der Waals surface area contributed by atoms with Crippen LogP contribution in [-0.2, 0) is 4.79 Å². The summed E-state index contributed by atoms with van der Waals surface area (Å²) in [6, 6.07) is 5.80. The molecule has 0 spiro atoms. The summed E-state index contributed by atoms with van der Waals surface area (Å²) in [4.78, 5) is 13.3. The number of β-amino-alcohol motifs (C(OH)–C–C–N with tert-alkyl or cyclic N) is 1. The molecule has 1 aromatic carbocycles. The number of rotatable bonds is 2. The largest absolute Gasteiger partial charge is 0.390 e. The van der Waals surface area contributed by atoms with Crippen molar-refractivity contribution in [1.82, 2.24) is 4.90 Å². The number of aliphatic hydroxyl groups excluding tert-OH is 2. The molecule has 1 aliphatic heterocycles. The fourth-order valence-corrected chi connectivity index (χ4v) is 1.97. The molecule has 0 bridgehead atoms. The summed E-state index contributed by atoms with van der Waals surface area (Å²) in [5.74, 6) is -0.549. The van der Waals surface area contributed by atoms with E-state index in [1.807, 2.05) is 0 Å². The van der Waals surface area contributed by atoms with E-state index < -0.39 is 12.2 Å². The Balaban J connectivity index is 1.95. The van der Waals surface area contributed by atoms with Crippen LogP contribution in [0.3, 0.4) is 0 Å². The van der Waals surface area contributed by atoms with Gasteiger partial charge in [0.15, 0.2) is 0 Å². The van der Waals surface area contributed by atoms with Crippen molar-refractivity contribution in [3.05, 3.63) is 41.7 Å². The monoisotopic (exact) mass is 265 g/mol. The van der Waals surface area contributed by atoms with Crippen LogP contribution in [-0.4, -0.2) is 46.3 Å². The molecule has 5 heteroatoms. The van der Waals surface area contributed by atoms with Crippen LogP contribution >= 0.6 is 0 Å². The molecule has 1 amide bonds. The van der Waals surface area contributed by atoms with Crippen LogP contribution in [0.25, 0.3) is 6.08 Å². The van der Waals surface area contributed by atoms with Crippen LogP contribution in [0.5, 0.6) is 0 Å². The number of piperidine rings is 1. The lowest BCUT2D eigenvalue weighted by atomic mass is 10.1. The van der Waals surface area contributed by atoms with Crippen LogP contribution < -0.4 is 0 Å². The SMILES string of the molecule is O=C(/C=C/c1ccc(F)cc1)N1CC[C@@H](O)[C@@H](O)C1. The molecule has 102 valence electrons. The number of hydrogen-bond acceptors (Lipinski definition) is 3. The zero-order valence-corrected chi connectivity index (χ0v) is 10.4. The van der Waals surface area contributed by atoms with E-state index in [4.69, 9.17) is 0 Å². The van der Waals surface area contributed by atoms with Crippen LogP contribution in [0.2, 0.25) is 0 Å². The van der Waals surface area contributed by atoms with Gasteiger partial charge in [-0.2, -0.15) is 0 Å². The zero-order valence-electron chi connectivity index (χ0n) is 10.4. The molecule has 0 unspecified atom stereocenters. The van der Waals surface area contributed by atoms with Gasteiger partial charge in [0, 0.05) is 19.2 Å². The van der Waals surface area contributed by atoms with E-state index in [-0.39, 0.29) is 18.3 Å². The Hall–Kier alpha value is -1.72. The number of carbonyl (C=O) groups excluding carboxylic acids is 1. The van der Waals surface area contributed by atoms with Gasteiger partial charge >= 0.3 is 0 Å². The molecular formula is C14H16FNO3. The van der Waals surface area contributed by atoms with Gasteiger partial charge < -0.3 is 15.1 Å². The van der Waals surface area contributed by atoms with E-state index >= 15 is 0 Å². The smallest absolute Gasteiger partial charge is 0.246 e. The summed E-state index contributed by atoms with van der Waals surface area (Å²) in [7, 11) is 0. The van der Waals surface area contributed by atoms with Gasteiger partial charge in [0.25, 0.3) is 0 Å². The van der Waals surface area contributed by atoms with Crippen LogP contribution in [0.15, 0.2) is 30.3 Å². The third-order valence-electron chi connectivity index (χ3n) is 3.15. The Morgan fingerprint density at radius 1 is 1.26 bits per heavy atom. The summed E-state index contributed by atoms with van der Waals surface area (Å²) in [6.45, 7) is 0.554. The van der Waals surface area contributed by atoms with Crippen LogP contribution in [0, 0.1) is 5.82 Å². The molecule has 2 rings (SSSR count). The Bertz CT molecular complexity index is 472. The molecule has 0 aromatic heterocycles. The minimum absolute atomic E-state index is 0.133. The zero-order chi connectivity index (χ0) is 13.8.